The molecule has 2 aromatic heterocycles. The molecule has 3 heterocycles. The number of carbonyl (C=O) groups is 1. The number of carbonyl (C=O) groups excluding carboxylic acids is 1. The first kappa shape index (κ1) is 18.6. The Bertz CT molecular complexity index is 1120. The molecule has 0 aliphatic carbocycles. The van der Waals surface area contributed by atoms with E-state index in [0.717, 1.165) is 10.9 Å². The highest BCUT2D eigenvalue weighted by Crippen LogP contribution is 2.21. The molecule has 0 saturated carbocycles. The minimum Gasteiger partial charge on any atom is -0.349 e. The molecule has 0 bridgehead atoms. The lowest BCUT2D eigenvalue weighted by molar-refractivity contribution is 0.0924. The standard InChI is InChI=1S/C19H21N5O3S/c1-23-13-17(12-21-23)28(26,27)24-9-6-16(7-10-24)22-19(25)15-4-5-18-14(11-15)3-2-8-20-18/h2-5,8,11-13,16H,6-7,9-10H2,1H3,(H,22,25). The van der Waals surface area contributed by atoms with E-state index in [-0.39, 0.29) is 16.8 Å². The van der Waals surface area contributed by atoms with Crippen LogP contribution in [0, 0.1) is 0 Å². The molecule has 0 atom stereocenters. The highest BCUT2D eigenvalue weighted by molar-refractivity contribution is 7.89. The van der Waals surface area contributed by atoms with Crippen molar-refractivity contribution in [3.63, 3.8) is 0 Å². The van der Waals surface area contributed by atoms with Crippen molar-refractivity contribution in [1.82, 2.24) is 24.4 Å². The van der Waals surface area contributed by atoms with E-state index >= 15 is 0 Å². The lowest BCUT2D eigenvalue weighted by atomic mass is 10.1. The monoisotopic (exact) mass is 399 g/mol. The lowest BCUT2D eigenvalue weighted by Gasteiger charge is -2.31. The largest absolute Gasteiger partial charge is 0.349 e. The van der Waals surface area contributed by atoms with E-state index in [0.29, 0.717) is 31.5 Å². The number of rotatable bonds is 4. The van der Waals surface area contributed by atoms with Crippen LogP contribution in [-0.2, 0) is 17.1 Å². The number of hydrogen-bond donors (Lipinski definition) is 1. The molecule has 1 amide bonds. The van der Waals surface area contributed by atoms with Crippen LogP contribution in [0.5, 0.6) is 0 Å². The number of hydrogen-bond acceptors (Lipinski definition) is 5. The third-order valence-electron chi connectivity index (χ3n) is 4.97. The molecule has 1 aliphatic rings. The summed E-state index contributed by atoms with van der Waals surface area (Å²) in [6, 6.07) is 9.10. The van der Waals surface area contributed by atoms with Crippen molar-refractivity contribution in [3.05, 3.63) is 54.5 Å². The third-order valence-corrected chi connectivity index (χ3v) is 6.82. The van der Waals surface area contributed by atoms with Crippen LogP contribution in [0.4, 0.5) is 0 Å². The van der Waals surface area contributed by atoms with Crippen molar-refractivity contribution in [3.8, 4) is 0 Å². The molecule has 1 aliphatic heterocycles. The molecule has 9 heteroatoms. The summed E-state index contributed by atoms with van der Waals surface area (Å²) in [7, 11) is -1.86. The minimum absolute atomic E-state index is 0.0579. The molecule has 1 fully saturated rings. The van der Waals surface area contributed by atoms with Gasteiger partial charge in [-0.15, -0.1) is 0 Å². The van der Waals surface area contributed by atoms with Crippen molar-refractivity contribution in [2.45, 2.75) is 23.8 Å². The fraction of sp³-hybridized carbons (Fsp3) is 0.316. The van der Waals surface area contributed by atoms with Crippen molar-refractivity contribution in [2.75, 3.05) is 13.1 Å². The zero-order chi connectivity index (χ0) is 19.7. The maximum absolute atomic E-state index is 12.7. The number of aromatic nitrogens is 3. The number of nitrogens with one attached hydrogen (secondary N) is 1. The molecule has 8 nitrogen and oxygen atoms in total. The van der Waals surface area contributed by atoms with E-state index in [4.69, 9.17) is 0 Å². The molecule has 0 unspecified atom stereocenters. The Hall–Kier alpha value is -2.78. The molecule has 3 aromatic rings. The lowest BCUT2D eigenvalue weighted by Crippen LogP contribution is -2.46. The molecule has 146 valence electrons. The Morgan fingerprint density at radius 1 is 1.21 bits per heavy atom. The molecule has 1 saturated heterocycles. The average Bonchev–Trinajstić information content (AvgIpc) is 3.15. The van der Waals surface area contributed by atoms with Crippen LogP contribution in [0.15, 0.2) is 53.8 Å². The van der Waals surface area contributed by atoms with Gasteiger partial charge < -0.3 is 5.32 Å². The maximum Gasteiger partial charge on any atom is 0.251 e. The van der Waals surface area contributed by atoms with Crippen LogP contribution in [0.3, 0.4) is 0 Å². The number of benzene rings is 1. The predicted octanol–water partition coefficient (Wildman–Crippen LogP) is 1.55. The highest BCUT2D eigenvalue weighted by Gasteiger charge is 2.30. The Morgan fingerprint density at radius 3 is 2.71 bits per heavy atom. The van der Waals surface area contributed by atoms with Crippen molar-refractivity contribution < 1.29 is 13.2 Å². The van der Waals surface area contributed by atoms with Gasteiger partial charge >= 0.3 is 0 Å². The first-order valence-corrected chi connectivity index (χ1v) is 10.5. The van der Waals surface area contributed by atoms with E-state index in [1.165, 1.54) is 21.4 Å². The summed E-state index contributed by atoms with van der Waals surface area (Å²) in [4.78, 5) is 17.0. The first-order chi connectivity index (χ1) is 13.4. The summed E-state index contributed by atoms with van der Waals surface area (Å²) >= 11 is 0. The summed E-state index contributed by atoms with van der Waals surface area (Å²) in [5.74, 6) is -0.153. The van der Waals surface area contributed by atoms with Gasteiger partial charge in [-0.05, 0) is 37.1 Å². The van der Waals surface area contributed by atoms with Crippen LogP contribution in [-0.4, -0.2) is 52.5 Å². The van der Waals surface area contributed by atoms with E-state index < -0.39 is 10.0 Å². The predicted molar refractivity (Wildman–Crippen MR) is 104 cm³/mol. The fourth-order valence-corrected chi connectivity index (χ4v) is 4.86. The summed E-state index contributed by atoms with van der Waals surface area (Å²) in [6.45, 7) is 0.730. The second-order valence-corrected chi connectivity index (χ2v) is 8.85. The smallest absolute Gasteiger partial charge is 0.251 e. The Morgan fingerprint density at radius 2 is 2.00 bits per heavy atom. The minimum atomic E-state index is -3.54. The van der Waals surface area contributed by atoms with Gasteiger partial charge in [-0.25, -0.2) is 8.42 Å². The van der Waals surface area contributed by atoms with Crippen molar-refractivity contribution in [2.24, 2.45) is 7.05 Å². The molecule has 28 heavy (non-hydrogen) atoms. The average molecular weight is 399 g/mol. The molecule has 1 aromatic carbocycles. The number of amides is 1. The Balaban J connectivity index is 1.39. The molecule has 1 N–H and O–H groups in total. The highest BCUT2D eigenvalue weighted by atomic mass is 32.2. The summed E-state index contributed by atoms with van der Waals surface area (Å²) < 4.78 is 28.2. The number of nitrogens with zero attached hydrogens (tertiary/aromatic N) is 4. The number of piperidine rings is 1. The van der Waals surface area contributed by atoms with Gasteiger partial charge in [-0.1, -0.05) is 6.07 Å². The Labute approximate surface area is 163 Å². The first-order valence-electron chi connectivity index (χ1n) is 9.08. The van der Waals surface area contributed by atoms with Gasteiger partial charge in [0.2, 0.25) is 10.0 Å². The number of aryl methyl sites for hydroxylation is 1. The molecule has 4 rings (SSSR count). The van der Waals surface area contributed by atoms with E-state index in [2.05, 4.69) is 15.4 Å². The van der Waals surface area contributed by atoms with Gasteiger partial charge in [-0.2, -0.15) is 9.40 Å². The van der Waals surface area contributed by atoms with Crippen LogP contribution >= 0.6 is 0 Å². The quantitative estimate of drug-likeness (QED) is 0.718. The molecule has 0 radical (unpaired) electrons. The van der Waals surface area contributed by atoms with Gasteiger partial charge in [0.1, 0.15) is 4.90 Å². The SMILES string of the molecule is Cn1cc(S(=O)(=O)N2CCC(NC(=O)c3ccc4ncccc4c3)CC2)cn1. The van der Waals surface area contributed by atoms with Gasteiger partial charge in [0.25, 0.3) is 5.91 Å². The van der Waals surface area contributed by atoms with Crippen molar-refractivity contribution >= 4 is 26.8 Å². The van der Waals surface area contributed by atoms with Crippen LogP contribution in [0.2, 0.25) is 0 Å². The van der Waals surface area contributed by atoms with Gasteiger partial charge in [0.15, 0.2) is 0 Å². The normalized spacial score (nSPS) is 16.3. The zero-order valence-electron chi connectivity index (χ0n) is 15.4. The molecule has 0 spiro atoms. The second-order valence-electron chi connectivity index (χ2n) is 6.91. The van der Waals surface area contributed by atoms with Gasteiger partial charge in [-0.3, -0.25) is 14.5 Å². The fourth-order valence-electron chi connectivity index (χ4n) is 3.41. The summed E-state index contributed by atoms with van der Waals surface area (Å²) in [5, 5.41) is 7.86. The number of fused-ring (bicyclic) bond motifs is 1. The van der Waals surface area contributed by atoms with Crippen LogP contribution < -0.4 is 5.32 Å². The zero-order valence-corrected chi connectivity index (χ0v) is 16.3. The van der Waals surface area contributed by atoms with E-state index in [1.807, 2.05) is 24.3 Å². The molecular weight excluding hydrogens is 378 g/mol. The summed E-state index contributed by atoms with van der Waals surface area (Å²) in [6.07, 6.45) is 5.71. The second kappa shape index (κ2) is 7.33. The van der Waals surface area contributed by atoms with Gasteiger partial charge in [0.05, 0.1) is 11.7 Å². The van der Waals surface area contributed by atoms with E-state index in [9.17, 15) is 13.2 Å². The summed E-state index contributed by atoms with van der Waals surface area (Å²) in [5.41, 5.74) is 1.42. The third kappa shape index (κ3) is 3.63. The maximum atomic E-state index is 12.7. The molecular formula is C19H21N5O3S. The Kier molecular flexibility index (Phi) is 4.86. The van der Waals surface area contributed by atoms with Crippen LogP contribution in [0.25, 0.3) is 10.9 Å². The van der Waals surface area contributed by atoms with Crippen molar-refractivity contribution in [1.29, 1.82) is 0 Å². The number of pyridine rings is 1. The van der Waals surface area contributed by atoms with Gasteiger partial charge in [0, 0.05) is 49.5 Å². The number of sulfonamides is 1. The van der Waals surface area contributed by atoms with E-state index in [1.54, 1.807) is 19.3 Å². The topological polar surface area (TPSA) is 97.2 Å². The van der Waals surface area contributed by atoms with Crippen LogP contribution in [0.1, 0.15) is 23.2 Å².